The maximum atomic E-state index is 12.9. The molecule has 126 valence electrons. The van der Waals surface area contributed by atoms with E-state index in [-0.39, 0.29) is 0 Å². The van der Waals surface area contributed by atoms with E-state index in [0.29, 0.717) is 11.8 Å². The van der Waals surface area contributed by atoms with Crippen molar-refractivity contribution >= 4 is 5.91 Å². The summed E-state index contributed by atoms with van der Waals surface area (Å²) in [5.41, 5.74) is 0. The maximum Gasteiger partial charge on any atom is 0.225 e. The summed E-state index contributed by atoms with van der Waals surface area (Å²) in [7, 11) is 0. The summed E-state index contributed by atoms with van der Waals surface area (Å²) in [5.74, 6) is 3.43. The first-order valence-corrected chi connectivity index (χ1v) is 9.77. The number of carbonyl (C=O) groups is 1. The number of hydrogen-bond donors (Lipinski definition) is 1. The van der Waals surface area contributed by atoms with Crippen molar-refractivity contribution in [2.24, 2.45) is 23.7 Å². The van der Waals surface area contributed by atoms with Crippen molar-refractivity contribution in [3.05, 3.63) is 0 Å². The predicted molar refractivity (Wildman–Crippen MR) is 90.6 cm³/mol. The highest BCUT2D eigenvalue weighted by molar-refractivity contribution is 5.79. The largest absolute Gasteiger partial charge is 0.342 e. The highest BCUT2D eigenvalue weighted by Crippen LogP contribution is 2.43. The molecule has 1 saturated heterocycles. The lowest BCUT2D eigenvalue weighted by Crippen LogP contribution is -2.45. The lowest BCUT2D eigenvalue weighted by atomic mass is 9.67. The third-order valence-corrected chi connectivity index (χ3v) is 6.50. The summed E-state index contributed by atoms with van der Waals surface area (Å²) in [6, 6.07) is 0. The molecule has 1 heterocycles. The minimum absolute atomic E-state index is 0.352. The first-order chi connectivity index (χ1) is 10.8. The van der Waals surface area contributed by atoms with Crippen LogP contribution in [0, 0.1) is 23.7 Å². The summed E-state index contributed by atoms with van der Waals surface area (Å²) in [4.78, 5) is 15.0. The fourth-order valence-electron chi connectivity index (χ4n) is 5.06. The Morgan fingerprint density at radius 1 is 1.00 bits per heavy atom. The van der Waals surface area contributed by atoms with Gasteiger partial charge in [-0.3, -0.25) is 4.79 Å². The number of likely N-dealkylation sites (tertiary alicyclic amines) is 1. The zero-order chi connectivity index (χ0) is 15.4. The molecule has 1 aliphatic heterocycles. The summed E-state index contributed by atoms with van der Waals surface area (Å²) in [6.07, 6.45) is 11.7. The fourth-order valence-corrected chi connectivity index (χ4v) is 5.06. The van der Waals surface area contributed by atoms with Gasteiger partial charge in [-0.1, -0.05) is 32.6 Å². The van der Waals surface area contributed by atoms with E-state index in [1.165, 1.54) is 51.4 Å². The molecular formula is C19H34N2O. The molecule has 3 nitrogen and oxygen atoms in total. The molecule has 0 bridgehead atoms. The van der Waals surface area contributed by atoms with Crippen molar-refractivity contribution in [3.63, 3.8) is 0 Å². The standard InChI is InChI=1S/C19H34N2O/c1-2-20-14-15-9-11-21(12-10-15)19(22)18-8-7-16-5-3-4-6-17(16)13-18/h15-18,20H,2-14H2,1H3. The van der Waals surface area contributed by atoms with Crippen LogP contribution in [0.4, 0.5) is 0 Å². The van der Waals surface area contributed by atoms with Crippen LogP contribution in [-0.2, 0) is 4.79 Å². The van der Waals surface area contributed by atoms with Crippen LogP contribution in [0.2, 0.25) is 0 Å². The van der Waals surface area contributed by atoms with Gasteiger partial charge in [0.15, 0.2) is 0 Å². The van der Waals surface area contributed by atoms with Crippen LogP contribution in [0.25, 0.3) is 0 Å². The molecule has 2 aliphatic carbocycles. The number of amides is 1. The van der Waals surface area contributed by atoms with Gasteiger partial charge in [0.1, 0.15) is 0 Å². The van der Waals surface area contributed by atoms with Crippen LogP contribution in [0.5, 0.6) is 0 Å². The van der Waals surface area contributed by atoms with Crippen LogP contribution >= 0.6 is 0 Å². The number of nitrogens with zero attached hydrogens (tertiary/aromatic N) is 1. The molecular weight excluding hydrogens is 272 g/mol. The van der Waals surface area contributed by atoms with Gasteiger partial charge in [-0.05, 0) is 62.9 Å². The fraction of sp³-hybridized carbons (Fsp3) is 0.947. The highest BCUT2D eigenvalue weighted by Gasteiger charge is 2.37. The molecule has 1 amide bonds. The van der Waals surface area contributed by atoms with E-state index >= 15 is 0 Å². The Balaban J connectivity index is 1.46. The normalized spacial score (nSPS) is 33.5. The van der Waals surface area contributed by atoms with Crippen molar-refractivity contribution in [1.29, 1.82) is 0 Å². The predicted octanol–water partition coefficient (Wildman–Crippen LogP) is 3.44. The van der Waals surface area contributed by atoms with Gasteiger partial charge in [0.05, 0.1) is 0 Å². The van der Waals surface area contributed by atoms with Gasteiger partial charge in [0, 0.05) is 19.0 Å². The van der Waals surface area contributed by atoms with Crippen LogP contribution in [0.3, 0.4) is 0 Å². The molecule has 22 heavy (non-hydrogen) atoms. The molecule has 3 heteroatoms. The van der Waals surface area contributed by atoms with Gasteiger partial charge >= 0.3 is 0 Å². The van der Waals surface area contributed by atoms with Gasteiger partial charge in [-0.25, -0.2) is 0 Å². The summed E-state index contributed by atoms with van der Waals surface area (Å²) >= 11 is 0. The van der Waals surface area contributed by atoms with Crippen LogP contribution < -0.4 is 5.32 Å². The van der Waals surface area contributed by atoms with Crippen molar-refractivity contribution in [2.75, 3.05) is 26.2 Å². The van der Waals surface area contributed by atoms with E-state index in [9.17, 15) is 4.79 Å². The molecule has 0 aromatic carbocycles. The zero-order valence-corrected chi connectivity index (χ0v) is 14.4. The molecule has 3 atom stereocenters. The lowest BCUT2D eigenvalue weighted by molar-refractivity contribution is -0.139. The summed E-state index contributed by atoms with van der Waals surface area (Å²) in [6.45, 7) is 6.36. The average molecular weight is 306 g/mol. The van der Waals surface area contributed by atoms with E-state index in [4.69, 9.17) is 0 Å². The van der Waals surface area contributed by atoms with E-state index < -0.39 is 0 Å². The third-order valence-electron chi connectivity index (χ3n) is 6.50. The van der Waals surface area contributed by atoms with Gasteiger partial charge < -0.3 is 10.2 Å². The Bertz CT molecular complexity index is 362. The van der Waals surface area contributed by atoms with Gasteiger partial charge in [0.25, 0.3) is 0 Å². The van der Waals surface area contributed by atoms with E-state index in [0.717, 1.165) is 50.4 Å². The smallest absolute Gasteiger partial charge is 0.225 e. The van der Waals surface area contributed by atoms with Crippen LogP contribution in [-0.4, -0.2) is 37.0 Å². The van der Waals surface area contributed by atoms with Crippen molar-refractivity contribution in [2.45, 2.75) is 64.7 Å². The molecule has 1 N–H and O–H groups in total. The quantitative estimate of drug-likeness (QED) is 0.863. The molecule has 3 unspecified atom stereocenters. The molecule has 0 aromatic heterocycles. The van der Waals surface area contributed by atoms with E-state index in [1.54, 1.807) is 0 Å². The molecule has 0 aromatic rings. The SMILES string of the molecule is CCNCC1CCN(C(=O)C2CCC3CCCCC3C2)CC1. The molecule has 0 spiro atoms. The topological polar surface area (TPSA) is 32.3 Å². The van der Waals surface area contributed by atoms with Gasteiger partial charge in [-0.2, -0.15) is 0 Å². The zero-order valence-electron chi connectivity index (χ0n) is 14.4. The Labute approximate surface area is 136 Å². The number of nitrogens with one attached hydrogen (secondary N) is 1. The minimum Gasteiger partial charge on any atom is -0.342 e. The number of rotatable bonds is 4. The first-order valence-electron chi connectivity index (χ1n) is 9.77. The maximum absolute atomic E-state index is 12.9. The monoisotopic (exact) mass is 306 g/mol. The third kappa shape index (κ3) is 3.84. The highest BCUT2D eigenvalue weighted by atomic mass is 16.2. The second-order valence-electron chi connectivity index (χ2n) is 7.89. The molecule has 2 saturated carbocycles. The Kier molecular flexibility index (Phi) is 5.78. The minimum atomic E-state index is 0.352. The van der Waals surface area contributed by atoms with Gasteiger partial charge in [-0.15, -0.1) is 0 Å². The molecule has 3 rings (SSSR count). The Morgan fingerprint density at radius 3 is 2.45 bits per heavy atom. The molecule has 3 aliphatic rings. The van der Waals surface area contributed by atoms with Crippen molar-refractivity contribution in [1.82, 2.24) is 10.2 Å². The molecule has 3 fully saturated rings. The Morgan fingerprint density at radius 2 is 1.73 bits per heavy atom. The number of fused-ring (bicyclic) bond motifs is 1. The van der Waals surface area contributed by atoms with Crippen molar-refractivity contribution < 1.29 is 4.79 Å². The number of hydrogen-bond acceptors (Lipinski definition) is 2. The number of carbonyl (C=O) groups excluding carboxylic acids is 1. The van der Waals surface area contributed by atoms with Crippen molar-refractivity contribution in [3.8, 4) is 0 Å². The molecule has 0 radical (unpaired) electrons. The average Bonchev–Trinajstić information content (AvgIpc) is 2.59. The van der Waals surface area contributed by atoms with Crippen LogP contribution in [0.1, 0.15) is 64.7 Å². The van der Waals surface area contributed by atoms with Gasteiger partial charge in [0.2, 0.25) is 5.91 Å². The van der Waals surface area contributed by atoms with Crippen LogP contribution in [0.15, 0.2) is 0 Å². The summed E-state index contributed by atoms with van der Waals surface area (Å²) < 4.78 is 0. The number of piperidine rings is 1. The van der Waals surface area contributed by atoms with E-state index in [2.05, 4.69) is 17.1 Å². The van der Waals surface area contributed by atoms with E-state index in [1.807, 2.05) is 0 Å². The Hall–Kier alpha value is -0.570. The second kappa shape index (κ2) is 7.81. The first kappa shape index (κ1) is 16.3. The lowest BCUT2D eigenvalue weighted by Gasteiger charge is -2.41. The second-order valence-corrected chi connectivity index (χ2v) is 7.89. The summed E-state index contributed by atoms with van der Waals surface area (Å²) in [5, 5.41) is 3.45.